The van der Waals surface area contributed by atoms with Crippen LogP contribution in [0.3, 0.4) is 0 Å². The summed E-state index contributed by atoms with van der Waals surface area (Å²) in [6, 6.07) is 4.04. The van der Waals surface area contributed by atoms with Crippen LogP contribution in [-0.2, 0) is 29.2 Å². The standard InChI is InChI=1S/C32H44F2N8O7S/c1-17(2)25(35-15-24(43)31(3,4)5)29(45)41-16-19(42-38-27(37-40-42)18-7-9-20(49-6)10-8-18)13-23(41)28(44)36-32(14-22(32)26(33)34)30(46)39-50(47,48)21-11-12-21/h7-10,17,19,21-23,25-26,35H,11-16H2,1-6H3,(H,36,44)(H,39,46)/t19-,22+,23?,25+,32-/m1/s1. The fourth-order valence-electron chi connectivity index (χ4n) is 6.00. The van der Waals surface area contributed by atoms with E-state index in [-0.39, 0.29) is 37.0 Å². The Kier molecular flexibility index (Phi) is 10.4. The number of tetrazole rings is 1. The van der Waals surface area contributed by atoms with Crippen molar-refractivity contribution in [3.63, 3.8) is 0 Å². The van der Waals surface area contributed by atoms with Gasteiger partial charge in [0.15, 0.2) is 5.78 Å². The van der Waals surface area contributed by atoms with Gasteiger partial charge in [-0.1, -0.05) is 34.6 Å². The van der Waals surface area contributed by atoms with Crippen molar-refractivity contribution in [1.82, 2.24) is 40.5 Å². The molecule has 1 aromatic heterocycles. The molecular formula is C32H44F2N8O7S. The quantitative estimate of drug-likeness (QED) is 0.256. The number of halogens is 2. The molecule has 1 unspecified atom stereocenters. The van der Waals surface area contributed by atoms with Crippen molar-refractivity contribution in [2.24, 2.45) is 17.3 Å². The molecule has 3 aliphatic rings. The second kappa shape index (κ2) is 13.9. The highest BCUT2D eigenvalue weighted by Crippen LogP contribution is 2.48. The largest absolute Gasteiger partial charge is 0.497 e. The maximum absolute atomic E-state index is 14.2. The zero-order valence-corrected chi connectivity index (χ0v) is 29.7. The first-order valence-electron chi connectivity index (χ1n) is 16.5. The van der Waals surface area contributed by atoms with E-state index in [0.717, 1.165) is 0 Å². The number of aromatic nitrogens is 4. The highest BCUT2D eigenvalue weighted by atomic mass is 32.2. The van der Waals surface area contributed by atoms with Gasteiger partial charge in [0.05, 0.1) is 36.9 Å². The van der Waals surface area contributed by atoms with Gasteiger partial charge in [0.2, 0.25) is 34.1 Å². The topological polar surface area (TPSA) is 195 Å². The maximum atomic E-state index is 14.2. The third kappa shape index (κ3) is 7.80. The molecule has 0 radical (unpaired) electrons. The van der Waals surface area contributed by atoms with E-state index in [1.165, 1.54) is 16.8 Å². The molecule has 3 N–H and O–H groups in total. The van der Waals surface area contributed by atoms with Gasteiger partial charge in [0.1, 0.15) is 17.3 Å². The number of hydrogen-bond acceptors (Lipinski definition) is 11. The maximum Gasteiger partial charge on any atom is 0.259 e. The van der Waals surface area contributed by atoms with Crippen LogP contribution >= 0.6 is 0 Å². The van der Waals surface area contributed by atoms with Crippen molar-refractivity contribution >= 4 is 33.5 Å². The minimum absolute atomic E-state index is 0.0703. The van der Waals surface area contributed by atoms with Crippen LogP contribution < -0.4 is 20.1 Å². The molecule has 0 bridgehead atoms. The van der Waals surface area contributed by atoms with Crippen molar-refractivity contribution in [2.45, 2.75) is 95.6 Å². The summed E-state index contributed by atoms with van der Waals surface area (Å²) in [7, 11) is -2.57. The molecule has 1 aliphatic heterocycles. The average Bonchev–Trinajstić information content (AvgIpc) is 3.93. The molecule has 0 spiro atoms. The van der Waals surface area contributed by atoms with Crippen molar-refractivity contribution < 1.29 is 41.1 Å². The van der Waals surface area contributed by atoms with Crippen LogP contribution in [0.2, 0.25) is 0 Å². The van der Waals surface area contributed by atoms with Gasteiger partial charge in [-0.2, -0.15) is 4.80 Å². The number of ketones is 1. The molecule has 18 heteroatoms. The Hall–Kier alpha value is -4.06. The average molecular weight is 723 g/mol. The number of amides is 3. The summed E-state index contributed by atoms with van der Waals surface area (Å²) in [6.45, 7) is 8.62. The molecule has 2 heterocycles. The molecule has 2 aromatic rings. The number of methoxy groups -OCH3 is 1. The first-order valence-corrected chi connectivity index (χ1v) is 18.1. The molecule has 3 amide bonds. The Morgan fingerprint density at radius 3 is 2.30 bits per heavy atom. The van der Waals surface area contributed by atoms with Gasteiger partial charge in [-0.05, 0) is 54.7 Å². The van der Waals surface area contributed by atoms with Crippen LogP contribution in [-0.4, -0.2) is 107 Å². The molecule has 5 atom stereocenters. The summed E-state index contributed by atoms with van der Waals surface area (Å²) < 4.78 is 60.2. The van der Waals surface area contributed by atoms with Crippen LogP contribution in [0.4, 0.5) is 8.78 Å². The van der Waals surface area contributed by atoms with E-state index in [4.69, 9.17) is 4.74 Å². The SMILES string of the molecule is COc1ccc(-c2nnn([C@@H]3CC(C(=O)N[C@]4(C(=O)NS(=O)(=O)C5CC5)C[C@H]4C(F)F)N(C(=O)[C@@H](NCC(=O)C(C)(C)C)C(C)C)C3)n2)cc1. The van der Waals surface area contributed by atoms with Crippen molar-refractivity contribution in [1.29, 1.82) is 0 Å². The number of carbonyl (C=O) groups excluding carboxylic acids is 4. The third-order valence-corrected chi connectivity index (χ3v) is 11.3. The lowest BCUT2D eigenvalue weighted by Crippen LogP contribution is -2.59. The molecule has 2 saturated carbocycles. The lowest BCUT2D eigenvalue weighted by Gasteiger charge is -2.32. The van der Waals surface area contributed by atoms with E-state index in [1.807, 2.05) is 4.72 Å². The number of Topliss-reactive ketones (excluding diaryl/α,β-unsaturated/α-hetero) is 1. The number of nitrogens with one attached hydrogen (secondary N) is 3. The van der Waals surface area contributed by atoms with Crippen molar-refractivity contribution in [3.8, 4) is 17.1 Å². The lowest BCUT2D eigenvalue weighted by atomic mass is 9.90. The van der Waals surface area contributed by atoms with Crippen LogP contribution in [0.1, 0.15) is 66.3 Å². The summed E-state index contributed by atoms with van der Waals surface area (Å²) in [5, 5.41) is 17.4. The van der Waals surface area contributed by atoms with Gasteiger partial charge in [-0.25, -0.2) is 17.2 Å². The number of carbonyl (C=O) groups is 4. The first kappa shape index (κ1) is 37.2. The highest BCUT2D eigenvalue weighted by Gasteiger charge is 2.66. The minimum Gasteiger partial charge on any atom is -0.497 e. The molecule has 1 saturated heterocycles. The molecule has 274 valence electrons. The Morgan fingerprint density at radius 1 is 1.10 bits per heavy atom. The molecular weight excluding hydrogens is 678 g/mol. The summed E-state index contributed by atoms with van der Waals surface area (Å²) in [5.41, 5.74) is -2.22. The molecule has 5 rings (SSSR count). The van der Waals surface area contributed by atoms with E-state index < -0.39 is 80.8 Å². The Balaban J connectivity index is 1.42. The number of ether oxygens (including phenoxy) is 1. The fraction of sp³-hybridized carbons (Fsp3) is 0.656. The normalized spacial score (nSPS) is 24.3. The predicted octanol–water partition coefficient (Wildman–Crippen LogP) is 1.47. The number of likely N-dealkylation sites (tertiary alicyclic amines) is 1. The summed E-state index contributed by atoms with van der Waals surface area (Å²) >= 11 is 0. The van der Waals surface area contributed by atoms with Gasteiger partial charge in [-0.15, -0.1) is 10.2 Å². The summed E-state index contributed by atoms with van der Waals surface area (Å²) in [4.78, 5) is 56.7. The summed E-state index contributed by atoms with van der Waals surface area (Å²) in [5.74, 6) is -3.88. The molecule has 1 aromatic carbocycles. The highest BCUT2D eigenvalue weighted by molar-refractivity contribution is 7.91. The Labute approximate surface area is 289 Å². The number of sulfonamides is 1. The van der Waals surface area contributed by atoms with Gasteiger partial charge in [-0.3, -0.25) is 29.2 Å². The lowest BCUT2D eigenvalue weighted by molar-refractivity contribution is -0.142. The first-order chi connectivity index (χ1) is 23.4. The van der Waals surface area contributed by atoms with Crippen LogP contribution in [0.15, 0.2) is 24.3 Å². The molecule has 2 aliphatic carbocycles. The number of rotatable bonds is 14. The summed E-state index contributed by atoms with van der Waals surface area (Å²) in [6.07, 6.45) is -2.90. The van der Waals surface area contributed by atoms with Gasteiger partial charge < -0.3 is 15.0 Å². The number of hydrogen-bond donors (Lipinski definition) is 3. The Bertz CT molecular complexity index is 1730. The zero-order chi connectivity index (χ0) is 36.8. The molecule has 50 heavy (non-hydrogen) atoms. The third-order valence-electron chi connectivity index (χ3n) is 9.49. The second-order valence-electron chi connectivity index (χ2n) is 14.6. The second-order valence-corrected chi connectivity index (χ2v) is 16.6. The fourth-order valence-corrected chi connectivity index (χ4v) is 7.37. The van der Waals surface area contributed by atoms with Gasteiger partial charge in [0.25, 0.3) is 5.91 Å². The van der Waals surface area contributed by atoms with Crippen LogP contribution in [0.5, 0.6) is 5.75 Å². The van der Waals surface area contributed by atoms with E-state index in [1.54, 1.807) is 58.9 Å². The van der Waals surface area contributed by atoms with Crippen LogP contribution in [0, 0.1) is 17.3 Å². The van der Waals surface area contributed by atoms with Gasteiger partial charge >= 0.3 is 0 Å². The monoisotopic (exact) mass is 722 g/mol. The minimum atomic E-state index is -4.10. The van der Waals surface area contributed by atoms with Crippen molar-refractivity contribution in [2.75, 3.05) is 20.2 Å². The number of nitrogens with zero attached hydrogens (tertiary/aromatic N) is 5. The van der Waals surface area contributed by atoms with E-state index in [2.05, 4.69) is 26.0 Å². The van der Waals surface area contributed by atoms with E-state index in [0.29, 0.717) is 24.2 Å². The Morgan fingerprint density at radius 2 is 1.76 bits per heavy atom. The molecule has 3 fully saturated rings. The van der Waals surface area contributed by atoms with E-state index in [9.17, 15) is 36.4 Å². The smallest absolute Gasteiger partial charge is 0.259 e. The molecule has 15 nitrogen and oxygen atoms in total. The van der Waals surface area contributed by atoms with E-state index >= 15 is 0 Å². The zero-order valence-electron chi connectivity index (χ0n) is 28.9. The van der Waals surface area contributed by atoms with Gasteiger partial charge in [0, 0.05) is 23.9 Å². The van der Waals surface area contributed by atoms with Crippen LogP contribution in [0.25, 0.3) is 11.4 Å². The van der Waals surface area contributed by atoms with Crippen molar-refractivity contribution in [3.05, 3.63) is 24.3 Å². The number of alkyl halides is 2. The number of benzene rings is 1. The predicted molar refractivity (Wildman–Crippen MR) is 175 cm³/mol.